The van der Waals surface area contributed by atoms with Gasteiger partial charge in [0.25, 0.3) is 0 Å². The lowest BCUT2D eigenvalue weighted by Crippen LogP contribution is -2.49. The summed E-state index contributed by atoms with van der Waals surface area (Å²) in [6.45, 7) is 11.7. The number of nitrogens with zero attached hydrogens (tertiary/aromatic N) is 1. The Bertz CT molecular complexity index is 979. The van der Waals surface area contributed by atoms with Crippen LogP contribution in [0.15, 0.2) is 36.4 Å². The number of amides is 1. The molecule has 2 atom stereocenters. The molecule has 2 aromatic rings. The van der Waals surface area contributed by atoms with E-state index in [0.29, 0.717) is 12.1 Å². The predicted octanol–water partition coefficient (Wildman–Crippen LogP) is 4.34. The molecule has 0 aromatic heterocycles. The van der Waals surface area contributed by atoms with Crippen LogP contribution in [-0.2, 0) is 14.8 Å². The van der Waals surface area contributed by atoms with Crippen molar-refractivity contribution >= 4 is 21.6 Å². The zero-order valence-corrected chi connectivity index (χ0v) is 19.2. The summed E-state index contributed by atoms with van der Waals surface area (Å²) in [4.78, 5) is 13.1. The van der Waals surface area contributed by atoms with Crippen LogP contribution < -0.4 is 9.62 Å². The summed E-state index contributed by atoms with van der Waals surface area (Å²) >= 11 is 0. The number of aryl methyl sites for hydroxylation is 4. The molecule has 2 aromatic carbocycles. The number of nitrogens with one attached hydrogen (secondary N) is 1. The quantitative estimate of drug-likeness (QED) is 0.730. The Balaban J connectivity index is 2.36. The van der Waals surface area contributed by atoms with Crippen LogP contribution in [0.4, 0.5) is 5.69 Å². The van der Waals surface area contributed by atoms with E-state index in [1.165, 1.54) is 9.87 Å². The van der Waals surface area contributed by atoms with Crippen molar-refractivity contribution in [3.05, 3.63) is 64.2 Å². The second kappa shape index (κ2) is 8.99. The van der Waals surface area contributed by atoms with Crippen LogP contribution >= 0.6 is 0 Å². The molecule has 0 aliphatic carbocycles. The van der Waals surface area contributed by atoms with E-state index < -0.39 is 16.1 Å². The van der Waals surface area contributed by atoms with E-state index in [0.717, 1.165) is 28.5 Å². The Labute approximate surface area is 175 Å². The molecular weight excluding hydrogens is 384 g/mol. The van der Waals surface area contributed by atoms with Crippen molar-refractivity contribution in [2.75, 3.05) is 10.6 Å². The number of hydrogen-bond acceptors (Lipinski definition) is 3. The van der Waals surface area contributed by atoms with E-state index in [-0.39, 0.29) is 11.9 Å². The minimum Gasteiger partial charge on any atom is -0.348 e. The molecule has 0 heterocycles. The average molecular weight is 417 g/mol. The Morgan fingerprint density at radius 2 is 1.59 bits per heavy atom. The number of carbonyl (C=O) groups is 1. The Hall–Kier alpha value is -2.34. The van der Waals surface area contributed by atoms with Crippen molar-refractivity contribution < 1.29 is 13.2 Å². The van der Waals surface area contributed by atoms with Gasteiger partial charge in [-0.15, -0.1) is 0 Å². The first-order chi connectivity index (χ1) is 13.4. The molecule has 0 fully saturated rings. The van der Waals surface area contributed by atoms with Crippen LogP contribution in [-0.4, -0.2) is 26.6 Å². The first-order valence-electron chi connectivity index (χ1n) is 9.89. The third-order valence-corrected chi connectivity index (χ3v) is 6.36. The van der Waals surface area contributed by atoms with Crippen molar-refractivity contribution in [2.24, 2.45) is 0 Å². The van der Waals surface area contributed by atoms with E-state index in [4.69, 9.17) is 0 Å². The van der Waals surface area contributed by atoms with Gasteiger partial charge in [-0.25, -0.2) is 8.42 Å². The lowest BCUT2D eigenvalue weighted by atomic mass is 10.0. The Morgan fingerprint density at radius 1 is 1.00 bits per heavy atom. The van der Waals surface area contributed by atoms with Crippen LogP contribution in [0.3, 0.4) is 0 Å². The molecule has 0 saturated heterocycles. The highest BCUT2D eigenvalue weighted by Crippen LogP contribution is 2.26. The highest BCUT2D eigenvalue weighted by molar-refractivity contribution is 7.92. The fourth-order valence-electron chi connectivity index (χ4n) is 3.57. The zero-order valence-electron chi connectivity index (χ0n) is 18.4. The van der Waals surface area contributed by atoms with Crippen LogP contribution in [0.25, 0.3) is 0 Å². The van der Waals surface area contributed by atoms with Crippen LogP contribution in [0.5, 0.6) is 0 Å². The van der Waals surface area contributed by atoms with Crippen molar-refractivity contribution in [1.29, 1.82) is 0 Å². The van der Waals surface area contributed by atoms with Gasteiger partial charge in [-0.2, -0.15) is 0 Å². The molecule has 5 nitrogen and oxygen atoms in total. The standard InChI is InChI=1S/C23H32N2O3S/c1-8-22(23(26)24-19(6)20-10-9-17(4)18(5)14-20)25(29(7,27)28)21-12-15(2)11-16(3)13-21/h9-14,19,22H,8H2,1-7H3,(H,24,26)/t19-,22+/m1/s1. The van der Waals surface area contributed by atoms with Gasteiger partial charge in [-0.1, -0.05) is 31.2 Å². The zero-order chi connectivity index (χ0) is 21.9. The third kappa shape index (κ3) is 5.60. The fraction of sp³-hybridized carbons (Fsp3) is 0.435. The predicted molar refractivity (Wildman–Crippen MR) is 120 cm³/mol. The molecule has 2 rings (SSSR count). The van der Waals surface area contributed by atoms with Crippen molar-refractivity contribution in [3.8, 4) is 0 Å². The molecule has 0 bridgehead atoms. The summed E-state index contributed by atoms with van der Waals surface area (Å²) < 4.78 is 26.5. The number of carbonyl (C=O) groups excluding carboxylic acids is 1. The van der Waals surface area contributed by atoms with Gasteiger partial charge in [0.1, 0.15) is 6.04 Å². The summed E-state index contributed by atoms with van der Waals surface area (Å²) in [5, 5.41) is 3.00. The summed E-state index contributed by atoms with van der Waals surface area (Å²) in [7, 11) is -3.65. The fourth-order valence-corrected chi connectivity index (χ4v) is 4.76. The number of anilines is 1. The first-order valence-corrected chi connectivity index (χ1v) is 11.7. The molecule has 0 unspecified atom stereocenters. The summed E-state index contributed by atoms with van der Waals surface area (Å²) in [6, 6.07) is 10.6. The van der Waals surface area contributed by atoms with Gasteiger partial charge >= 0.3 is 0 Å². The van der Waals surface area contributed by atoms with Crippen molar-refractivity contribution in [2.45, 2.75) is 60.0 Å². The largest absolute Gasteiger partial charge is 0.348 e. The van der Waals surface area contributed by atoms with Crippen molar-refractivity contribution in [3.63, 3.8) is 0 Å². The second-order valence-corrected chi connectivity index (χ2v) is 9.76. The van der Waals surface area contributed by atoms with Gasteiger partial charge in [-0.05, 0) is 81.0 Å². The SMILES string of the molecule is CC[C@@H](C(=O)N[C@H](C)c1ccc(C)c(C)c1)N(c1cc(C)cc(C)c1)S(C)(=O)=O. The smallest absolute Gasteiger partial charge is 0.244 e. The third-order valence-electron chi connectivity index (χ3n) is 5.18. The van der Waals surface area contributed by atoms with Gasteiger partial charge in [0.2, 0.25) is 15.9 Å². The maximum absolute atomic E-state index is 13.1. The molecule has 6 heteroatoms. The summed E-state index contributed by atoms with van der Waals surface area (Å²) in [5.41, 5.74) is 5.76. The van der Waals surface area contributed by atoms with Gasteiger partial charge in [-0.3, -0.25) is 9.10 Å². The normalized spacial score (nSPS) is 13.6. The van der Waals surface area contributed by atoms with E-state index in [1.54, 1.807) is 12.1 Å². The van der Waals surface area contributed by atoms with E-state index in [9.17, 15) is 13.2 Å². The first kappa shape index (κ1) is 22.9. The minimum absolute atomic E-state index is 0.225. The molecule has 1 N–H and O–H groups in total. The van der Waals surface area contributed by atoms with Gasteiger partial charge < -0.3 is 5.32 Å². The number of hydrogen-bond donors (Lipinski definition) is 1. The van der Waals surface area contributed by atoms with Gasteiger partial charge in [0, 0.05) is 0 Å². The second-order valence-electron chi connectivity index (χ2n) is 7.90. The molecule has 29 heavy (non-hydrogen) atoms. The molecule has 0 aliphatic heterocycles. The average Bonchev–Trinajstić information content (AvgIpc) is 2.59. The van der Waals surface area contributed by atoms with E-state index in [2.05, 4.69) is 11.4 Å². The molecule has 1 amide bonds. The number of rotatable bonds is 7. The molecule has 0 spiro atoms. The number of sulfonamides is 1. The summed E-state index contributed by atoms with van der Waals surface area (Å²) in [6.07, 6.45) is 1.51. The molecule has 0 radical (unpaired) electrons. The lowest BCUT2D eigenvalue weighted by Gasteiger charge is -2.31. The number of benzene rings is 2. The highest BCUT2D eigenvalue weighted by Gasteiger charge is 2.32. The molecule has 0 aliphatic rings. The lowest BCUT2D eigenvalue weighted by molar-refractivity contribution is -0.122. The molecular formula is C23H32N2O3S. The Kier molecular flexibility index (Phi) is 7.11. The van der Waals surface area contributed by atoms with Crippen LogP contribution in [0.2, 0.25) is 0 Å². The topological polar surface area (TPSA) is 66.5 Å². The molecule has 158 valence electrons. The maximum atomic E-state index is 13.1. The van der Waals surface area contributed by atoms with Gasteiger partial charge in [0.15, 0.2) is 0 Å². The van der Waals surface area contributed by atoms with Crippen LogP contribution in [0.1, 0.15) is 54.1 Å². The molecule has 0 saturated carbocycles. The minimum atomic E-state index is -3.65. The van der Waals surface area contributed by atoms with E-state index >= 15 is 0 Å². The summed E-state index contributed by atoms with van der Waals surface area (Å²) in [5.74, 6) is -0.303. The monoisotopic (exact) mass is 416 g/mol. The van der Waals surface area contributed by atoms with E-state index in [1.807, 2.05) is 59.7 Å². The maximum Gasteiger partial charge on any atom is 0.244 e. The van der Waals surface area contributed by atoms with Crippen LogP contribution in [0, 0.1) is 27.7 Å². The highest BCUT2D eigenvalue weighted by atomic mass is 32.2. The van der Waals surface area contributed by atoms with Crippen molar-refractivity contribution in [1.82, 2.24) is 5.32 Å². The van der Waals surface area contributed by atoms with Gasteiger partial charge in [0.05, 0.1) is 18.0 Å². The Morgan fingerprint density at radius 3 is 2.07 bits per heavy atom.